The topological polar surface area (TPSA) is 59.8 Å². The molecule has 1 aliphatic heterocycles. The van der Waals surface area contributed by atoms with Crippen molar-refractivity contribution in [1.82, 2.24) is 14.7 Å². The number of nitrogens with zero attached hydrogens (tertiary/aromatic N) is 3. The Morgan fingerprint density at radius 2 is 2.11 bits per heavy atom. The van der Waals surface area contributed by atoms with E-state index < -0.39 is 6.10 Å². The molecule has 1 aromatic heterocycles. The summed E-state index contributed by atoms with van der Waals surface area (Å²) in [5, 5.41) is 14.7. The normalized spacial score (nSPS) is 20.0. The lowest BCUT2D eigenvalue weighted by molar-refractivity contribution is -0.0632. The molecule has 3 rings (SSSR count). The zero-order valence-electron chi connectivity index (χ0n) is 16.0. The Hall–Kier alpha value is -1.44. The van der Waals surface area contributed by atoms with Gasteiger partial charge in [0.1, 0.15) is 0 Å². The van der Waals surface area contributed by atoms with Crippen LogP contribution in [0, 0.1) is 6.92 Å². The summed E-state index contributed by atoms with van der Waals surface area (Å²) in [6.45, 7) is 8.02. The molecule has 7 heteroatoms. The molecule has 0 aliphatic carbocycles. The van der Waals surface area contributed by atoms with Gasteiger partial charge in [-0.05, 0) is 25.0 Å². The fourth-order valence-electron chi connectivity index (χ4n) is 3.26. The highest BCUT2D eigenvalue weighted by molar-refractivity contribution is 5.85. The molecule has 150 valence electrons. The molecule has 27 heavy (non-hydrogen) atoms. The van der Waals surface area contributed by atoms with Crippen molar-refractivity contribution in [2.75, 3.05) is 32.8 Å². The number of hydrogen-bond acceptors (Lipinski definition) is 5. The Morgan fingerprint density at radius 1 is 1.33 bits per heavy atom. The Balaban J connectivity index is 0.00000261. The SMILES string of the molecule is Cc1cnn(CC2CN(CC(O)COC(C)c3ccccc3)CCO2)c1.Cl. The zero-order chi connectivity index (χ0) is 18.4. The number of aliphatic hydroxyl groups is 1. The van der Waals surface area contributed by atoms with Crippen LogP contribution in [0.2, 0.25) is 0 Å². The summed E-state index contributed by atoms with van der Waals surface area (Å²) in [6.07, 6.45) is 3.45. The van der Waals surface area contributed by atoms with Gasteiger partial charge in [-0.25, -0.2) is 0 Å². The summed E-state index contributed by atoms with van der Waals surface area (Å²) in [5.74, 6) is 0. The average Bonchev–Trinajstić information content (AvgIpc) is 3.05. The van der Waals surface area contributed by atoms with Crippen LogP contribution in [0.25, 0.3) is 0 Å². The van der Waals surface area contributed by atoms with Gasteiger partial charge in [-0.1, -0.05) is 30.3 Å². The molecule has 1 aromatic carbocycles. The second-order valence-electron chi connectivity index (χ2n) is 7.03. The fraction of sp³-hybridized carbons (Fsp3) is 0.550. The van der Waals surface area contributed by atoms with Gasteiger partial charge in [0.05, 0.1) is 44.3 Å². The first-order valence-corrected chi connectivity index (χ1v) is 9.28. The van der Waals surface area contributed by atoms with Crippen molar-refractivity contribution >= 4 is 12.4 Å². The number of hydrogen-bond donors (Lipinski definition) is 1. The molecule has 0 amide bonds. The van der Waals surface area contributed by atoms with Gasteiger partial charge in [0.15, 0.2) is 0 Å². The lowest BCUT2D eigenvalue weighted by Crippen LogP contribution is -2.47. The molecular formula is C20H30ClN3O3. The van der Waals surface area contributed by atoms with Gasteiger partial charge >= 0.3 is 0 Å². The number of aliphatic hydroxyl groups excluding tert-OH is 1. The minimum absolute atomic E-state index is 0. The van der Waals surface area contributed by atoms with Crippen molar-refractivity contribution in [1.29, 1.82) is 0 Å². The van der Waals surface area contributed by atoms with E-state index in [4.69, 9.17) is 9.47 Å². The van der Waals surface area contributed by atoms with Crippen LogP contribution in [0.4, 0.5) is 0 Å². The number of aromatic nitrogens is 2. The monoisotopic (exact) mass is 395 g/mol. The largest absolute Gasteiger partial charge is 0.389 e. The molecule has 3 unspecified atom stereocenters. The zero-order valence-corrected chi connectivity index (χ0v) is 16.8. The van der Waals surface area contributed by atoms with E-state index in [1.807, 2.05) is 61.3 Å². The molecule has 1 saturated heterocycles. The smallest absolute Gasteiger partial charge is 0.0900 e. The van der Waals surface area contributed by atoms with Crippen LogP contribution in [-0.2, 0) is 16.0 Å². The first kappa shape index (κ1) is 21.9. The molecule has 3 atom stereocenters. The van der Waals surface area contributed by atoms with Crippen LogP contribution in [0.15, 0.2) is 42.7 Å². The highest BCUT2D eigenvalue weighted by Crippen LogP contribution is 2.16. The van der Waals surface area contributed by atoms with E-state index in [9.17, 15) is 5.11 Å². The molecule has 1 aliphatic rings. The Morgan fingerprint density at radius 3 is 2.81 bits per heavy atom. The summed E-state index contributed by atoms with van der Waals surface area (Å²) in [4.78, 5) is 2.24. The molecule has 2 aromatic rings. The number of β-amino-alcohol motifs (C(OH)–C–C–N with tert-alkyl or cyclic N) is 1. The Kier molecular flexibility index (Phi) is 8.73. The van der Waals surface area contributed by atoms with Gasteiger partial charge < -0.3 is 14.6 Å². The van der Waals surface area contributed by atoms with Crippen molar-refractivity contribution in [3.8, 4) is 0 Å². The molecule has 0 saturated carbocycles. The van der Waals surface area contributed by atoms with Crippen LogP contribution >= 0.6 is 12.4 Å². The van der Waals surface area contributed by atoms with E-state index in [0.717, 1.165) is 30.8 Å². The van der Waals surface area contributed by atoms with E-state index >= 15 is 0 Å². The molecule has 2 heterocycles. The van der Waals surface area contributed by atoms with Crippen molar-refractivity contribution in [3.05, 3.63) is 53.9 Å². The van der Waals surface area contributed by atoms with Crippen molar-refractivity contribution in [2.45, 2.75) is 38.7 Å². The number of morpholine rings is 1. The second-order valence-corrected chi connectivity index (χ2v) is 7.03. The minimum atomic E-state index is -0.508. The number of ether oxygens (including phenoxy) is 2. The number of rotatable bonds is 8. The van der Waals surface area contributed by atoms with E-state index in [1.54, 1.807) is 0 Å². The van der Waals surface area contributed by atoms with E-state index in [1.165, 1.54) is 0 Å². The standard InChI is InChI=1S/C20H29N3O3.ClH/c1-16-10-21-23(11-16)14-20-13-22(8-9-25-20)12-19(24)15-26-17(2)18-6-4-3-5-7-18;/h3-7,10-11,17,19-20,24H,8-9,12-15H2,1-2H3;1H. The third-order valence-electron chi connectivity index (χ3n) is 4.65. The van der Waals surface area contributed by atoms with Gasteiger partial charge in [0, 0.05) is 25.8 Å². The third kappa shape index (κ3) is 6.90. The lowest BCUT2D eigenvalue weighted by Gasteiger charge is -2.34. The van der Waals surface area contributed by atoms with Crippen LogP contribution in [0.5, 0.6) is 0 Å². The maximum atomic E-state index is 10.4. The summed E-state index contributed by atoms with van der Waals surface area (Å²) in [6, 6.07) is 10.1. The predicted molar refractivity (Wildman–Crippen MR) is 107 cm³/mol. The predicted octanol–water partition coefficient (Wildman–Crippen LogP) is 2.45. The van der Waals surface area contributed by atoms with Gasteiger partial charge in [-0.2, -0.15) is 5.10 Å². The maximum absolute atomic E-state index is 10.4. The molecule has 1 N–H and O–H groups in total. The van der Waals surface area contributed by atoms with Gasteiger partial charge in [0.25, 0.3) is 0 Å². The van der Waals surface area contributed by atoms with Crippen molar-refractivity contribution in [2.24, 2.45) is 0 Å². The van der Waals surface area contributed by atoms with Gasteiger partial charge in [-0.3, -0.25) is 9.58 Å². The molecule has 0 radical (unpaired) electrons. The first-order valence-electron chi connectivity index (χ1n) is 9.28. The highest BCUT2D eigenvalue weighted by atomic mass is 35.5. The quantitative estimate of drug-likeness (QED) is 0.744. The van der Waals surface area contributed by atoms with Gasteiger partial charge in [-0.15, -0.1) is 12.4 Å². The minimum Gasteiger partial charge on any atom is -0.389 e. The maximum Gasteiger partial charge on any atom is 0.0900 e. The summed E-state index contributed by atoms with van der Waals surface area (Å²) < 4.78 is 13.6. The summed E-state index contributed by atoms with van der Waals surface area (Å²) >= 11 is 0. The molecule has 0 spiro atoms. The molecule has 1 fully saturated rings. The first-order chi connectivity index (χ1) is 12.6. The highest BCUT2D eigenvalue weighted by Gasteiger charge is 2.23. The van der Waals surface area contributed by atoms with Crippen LogP contribution < -0.4 is 0 Å². The Labute approximate surface area is 167 Å². The van der Waals surface area contributed by atoms with E-state index in [-0.39, 0.29) is 24.6 Å². The molecule has 0 bridgehead atoms. The Bertz CT molecular complexity index is 668. The van der Waals surface area contributed by atoms with E-state index in [0.29, 0.717) is 19.8 Å². The average molecular weight is 396 g/mol. The van der Waals surface area contributed by atoms with Gasteiger partial charge in [0.2, 0.25) is 0 Å². The number of benzene rings is 1. The summed E-state index contributed by atoms with van der Waals surface area (Å²) in [7, 11) is 0. The van der Waals surface area contributed by atoms with Crippen molar-refractivity contribution in [3.63, 3.8) is 0 Å². The van der Waals surface area contributed by atoms with Crippen LogP contribution in [0.3, 0.4) is 0 Å². The van der Waals surface area contributed by atoms with Crippen LogP contribution in [0.1, 0.15) is 24.2 Å². The number of aryl methyl sites for hydroxylation is 1. The third-order valence-corrected chi connectivity index (χ3v) is 4.65. The molecule has 6 nitrogen and oxygen atoms in total. The summed E-state index contributed by atoms with van der Waals surface area (Å²) in [5.41, 5.74) is 2.28. The van der Waals surface area contributed by atoms with Crippen molar-refractivity contribution < 1.29 is 14.6 Å². The number of halogens is 1. The van der Waals surface area contributed by atoms with E-state index in [2.05, 4.69) is 10.00 Å². The van der Waals surface area contributed by atoms with Crippen LogP contribution in [-0.4, -0.2) is 64.8 Å². The lowest BCUT2D eigenvalue weighted by atomic mass is 10.1. The fourth-order valence-corrected chi connectivity index (χ4v) is 3.26. The molecular weight excluding hydrogens is 366 g/mol. The second kappa shape index (κ2) is 10.8.